The van der Waals surface area contributed by atoms with Crippen LogP contribution in [0.3, 0.4) is 0 Å². The van der Waals surface area contributed by atoms with E-state index in [9.17, 15) is 19.2 Å². The standard InChI is InChI=1S/C24H30N6O5/c1-16(2)27-24(34)30-11-10-29(22(32)18-7-5-9-26-14-18)15-20(30)21(31)28-19(23(33)35-3)12-17-6-4-8-25-13-17/h4-9,13-14,16,19-20H,10-12,15H2,1-3H3,(H,27,34)(H,28,31)/t19-,20-/m1/s1. The minimum Gasteiger partial charge on any atom is -0.467 e. The Labute approximate surface area is 203 Å². The van der Waals surface area contributed by atoms with Crippen LogP contribution in [0, 0.1) is 0 Å². The van der Waals surface area contributed by atoms with Gasteiger partial charge in [-0.25, -0.2) is 9.59 Å². The average molecular weight is 483 g/mol. The SMILES string of the molecule is COC(=O)[C@@H](Cc1cccnc1)NC(=O)[C@H]1CN(C(=O)c2cccnc2)CCN1C(=O)NC(C)C. The summed E-state index contributed by atoms with van der Waals surface area (Å²) >= 11 is 0. The third-order valence-electron chi connectivity index (χ3n) is 5.52. The minimum absolute atomic E-state index is 0.0359. The zero-order chi connectivity index (χ0) is 25.4. The van der Waals surface area contributed by atoms with Crippen LogP contribution in [0.1, 0.15) is 29.8 Å². The first-order chi connectivity index (χ1) is 16.8. The highest BCUT2D eigenvalue weighted by Crippen LogP contribution is 2.15. The molecular weight excluding hydrogens is 452 g/mol. The number of hydrogen-bond acceptors (Lipinski definition) is 7. The molecule has 3 heterocycles. The normalized spacial score (nSPS) is 16.4. The van der Waals surface area contributed by atoms with Crippen LogP contribution in [0.15, 0.2) is 49.1 Å². The van der Waals surface area contributed by atoms with E-state index in [-0.39, 0.29) is 38.0 Å². The highest BCUT2D eigenvalue weighted by molar-refractivity contribution is 5.96. The number of piperazine rings is 1. The predicted octanol–water partition coefficient (Wildman–Crippen LogP) is 0.622. The van der Waals surface area contributed by atoms with Gasteiger partial charge in [0.25, 0.3) is 5.91 Å². The molecule has 186 valence electrons. The summed E-state index contributed by atoms with van der Waals surface area (Å²) in [5, 5.41) is 5.50. The topological polar surface area (TPSA) is 134 Å². The predicted molar refractivity (Wildman–Crippen MR) is 126 cm³/mol. The molecule has 1 saturated heterocycles. The molecule has 0 spiro atoms. The maximum Gasteiger partial charge on any atom is 0.328 e. The van der Waals surface area contributed by atoms with Crippen molar-refractivity contribution in [3.8, 4) is 0 Å². The third-order valence-corrected chi connectivity index (χ3v) is 5.52. The fourth-order valence-electron chi connectivity index (χ4n) is 3.79. The lowest BCUT2D eigenvalue weighted by Gasteiger charge is -2.41. The number of hydrogen-bond donors (Lipinski definition) is 2. The van der Waals surface area contributed by atoms with E-state index in [4.69, 9.17) is 4.74 Å². The molecule has 0 radical (unpaired) electrons. The molecule has 35 heavy (non-hydrogen) atoms. The van der Waals surface area contributed by atoms with Crippen molar-refractivity contribution in [3.63, 3.8) is 0 Å². The van der Waals surface area contributed by atoms with Crippen LogP contribution >= 0.6 is 0 Å². The Bertz CT molecular complexity index is 1030. The number of carbonyl (C=O) groups is 4. The first-order valence-corrected chi connectivity index (χ1v) is 11.3. The number of ether oxygens (including phenoxy) is 1. The van der Waals surface area contributed by atoms with E-state index in [1.807, 2.05) is 13.8 Å². The van der Waals surface area contributed by atoms with Crippen molar-refractivity contribution in [1.82, 2.24) is 30.4 Å². The zero-order valence-corrected chi connectivity index (χ0v) is 20.0. The quantitative estimate of drug-likeness (QED) is 0.553. The number of nitrogens with zero attached hydrogens (tertiary/aromatic N) is 4. The monoisotopic (exact) mass is 482 g/mol. The van der Waals surface area contributed by atoms with E-state index < -0.39 is 30.0 Å². The summed E-state index contributed by atoms with van der Waals surface area (Å²) in [5.74, 6) is -1.48. The van der Waals surface area contributed by atoms with Gasteiger partial charge in [0.1, 0.15) is 12.1 Å². The number of carbonyl (C=O) groups excluding carboxylic acids is 4. The van der Waals surface area contributed by atoms with Crippen molar-refractivity contribution < 1.29 is 23.9 Å². The average Bonchev–Trinajstić information content (AvgIpc) is 2.87. The molecule has 2 atom stereocenters. The molecule has 2 aromatic rings. The summed E-state index contributed by atoms with van der Waals surface area (Å²) in [6.07, 6.45) is 6.39. The number of methoxy groups -OCH3 is 1. The molecular formula is C24H30N6O5. The van der Waals surface area contributed by atoms with E-state index in [0.29, 0.717) is 5.56 Å². The Morgan fingerprint density at radius 1 is 1.06 bits per heavy atom. The summed E-state index contributed by atoms with van der Waals surface area (Å²) in [5.41, 5.74) is 1.12. The van der Waals surface area contributed by atoms with Crippen LogP contribution in [0.5, 0.6) is 0 Å². The van der Waals surface area contributed by atoms with Gasteiger partial charge in [0.05, 0.1) is 19.2 Å². The van der Waals surface area contributed by atoms with Gasteiger partial charge < -0.3 is 25.2 Å². The minimum atomic E-state index is -1.01. The molecule has 3 rings (SSSR count). The molecule has 1 aliphatic rings. The summed E-state index contributed by atoms with van der Waals surface area (Å²) in [7, 11) is 1.24. The van der Waals surface area contributed by atoms with Gasteiger partial charge in [-0.3, -0.25) is 19.6 Å². The van der Waals surface area contributed by atoms with Gasteiger partial charge in [0.15, 0.2) is 0 Å². The second kappa shape index (κ2) is 11.9. The van der Waals surface area contributed by atoms with Gasteiger partial charge in [-0.05, 0) is 37.6 Å². The second-order valence-corrected chi connectivity index (χ2v) is 8.46. The van der Waals surface area contributed by atoms with Crippen molar-refractivity contribution in [1.29, 1.82) is 0 Å². The smallest absolute Gasteiger partial charge is 0.328 e. The number of rotatable bonds is 7. The Morgan fingerprint density at radius 2 is 1.77 bits per heavy atom. The fourth-order valence-corrected chi connectivity index (χ4v) is 3.79. The van der Waals surface area contributed by atoms with Crippen LogP contribution in [0.2, 0.25) is 0 Å². The lowest BCUT2D eigenvalue weighted by atomic mass is 10.1. The van der Waals surface area contributed by atoms with Crippen LogP contribution in [-0.2, 0) is 20.7 Å². The van der Waals surface area contributed by atoms with Crippen molar-refractivity contribution >= 4 is 23.8 Å². The van der Waals surface area contributed by atoms with E-state index in [1.165, 1.54) is 23.1 Å². The first-order valence-electron chi connectivity index (χ1n) is 11.3. The van der Waals surface area contributed by atoms with Crippen molar-refractivity contribution in [3.05, 3.63) is 60.2 Å². The van der Waals surface area contributed by atoms with Gasteiger partial charge >= 0.3 is 12.0 Å². The van der Waals surface area contributed by atoms with E-state index in [0.717, 1.165) is 5.56 Å². The Hall–Kier alpha value is -4.02. The largest absolute Gasteiger partial charge is 0.467 e. The number of amides is 4. The summed E-state index contributed by atoms with van der Waals surface area (Å²) in [4.78, 5) is 62.6. The summed E-state index contributed by atoms with van der Waals surface area (Å²) in [6, 6.07) is 4.25. The molecule has 0 saturated carbocycles. The molecule has 2 aromatic heterocycles. The van der Waals surface area contributed by atoms with Crippen molar-refractivity contribution in [2.75, 3.05) is 26.7 Å². The Kier molecular flexibility index (Phi) is 8.71. The molecule has 1 fully saturated rings. The molecule has 1 aliphatic heterocycles. The van der Waals surface area contributed by atoms with Gasteiger partial charge in [-0.15, -0.1) is 0 Å². The van der Waals surface area contributed by atoms with Crippen molar-refractivity contribution in [2.45, 2.75) is 38.4 Å². The van der Waals surface area contributed by atoms with Crippen LogP contribution in [0.4, 0.5) is 4.79 Å². The number of urea groups is 1. The molecule has 0 bridgehead atoms. The molecule has 0 aliphatic carbocycles. The number of aromatic nitrogens is 2. The van der Waals surface area contributed by atoms with E-state index >= 15 is 0 Å². The molecule has 0 aromatic carbocycles. The van der Waals surface area contributed by atoms with Gasteiger partial charge in [-0.1, -0.05) is 6.07 Å². The molecule has 4 amide bonds. The van der Waals surface area contributed by atoms with E-state index in [1.54, 1.807) is 42.9 Å². The van der Waals surface area contributed by atoms with Crippen LogP contribution < -0.4 is 10.6 Å². The number of nitrogens with one attached hydrogen (secondary N) is 2. The molecule has 11 heteroatoms. The van der Waals surface area contributed by atoms with Crippen LogP contribution in [0.25, 0.3) is 0 Å². The first kappa shape index (κ1) is 25.6. The summed E-state index contributed by atoms with van der Waals surface area (Å²) < 4.78 is 4.88. The molecule has 11 nitrogen and oxygen atoms in total. The zero-order valence-electron chi connectivity index (χ0n) is 20.0. The fraction of sp³-hybridized carbons (Fsp3) is 0.417. The van der Waals surface area contributed by atoms with Crippen molar-refractivity contribution in [2.24, 2.45) is 0 Å². The summed E-state index contributed by atoms with van der Waals surface area (Å²) in [6.45, 7) is 3.99. The lowest BCUT2D eigenvalue weighted by Crippen LogP contribution is -2.64. The number of pyridine rings is 2. The highest BCUT2D eigenvalue weighted by atomic mass is 16.5. The second-order valence-electron chi connectivity index (χ2n) is 8.46. The van der Waals surface area contributed by atoms with Crippen LogP contribution in [-0.4, -0.2) is 88.5 Å². The molecule has 2 N–H and O–H groups in total. The maximum atomic E-state index is 13.4. The maximum absolute atomic E-state index is 13.4. The third kappa shape index (κ3) is 6.75. The van der Waals surface area contributed by atoms with E-state index in [2.05, 4.69) is 20.6 Å². The molecule has 0 unspecified atom stereocenters. The van der Waals surface area contributed by atoms with Gasteiger partial charge in [-0.2, -0.15) is 0 Å². The van der Waals surface area contributed by atoms with Gasteiger partial charge in [0.2, 0.25) is 5.91 Å². The lowest BCUT2D eigenvalue weighted by molar-refractivity contribution is -0.145. The highest BCUT2D eigenvalue weighted by Gasteiger charge is 2.39. The van der Waals surface area contributed by atoms with Gasteiger partial charge in [0, 0.05) is 50.3 Å². The Balaban J connectivity index is 1.82. The Morgan fingerprint density at radius 3 is 2.37 bits per heavy atom. The number of esters is 1.